The summed E-state index contributed by atoms with van der Waals surface area (Å²) in [5.74, 6) is 0. The first kappa shape index (κ1) is 19.6. The van der Waals surface area contributed by atoms with Gasteiger partial charge in [-0.25, -0.2) is 8.42 Å². The lowest BCUT2D eigenvalue weighted by Gasteiger charge is -2.25. The van der Waals surface area contributed by atoms with Crippen LogP contribution >= 0.6 is 0 Å². The summed E-state index contributed by atoms with van der Waals surface area (Å²) in [7, 11) is -3.99. The van der Waals surface area contributed by atoms with Crippen LogP contribution in [0.1, 0.15) is 17.5 Å². The Morgan fingerprint density at radius 3 is 2.56 bits per heavy atom. The van der Waals surface area contributed by atoms with E-state index in [0.717, 1.165) is 23.4 Å². The van der Waals surface area contributed by atoms with Crippen molar-refractivity contribution in [2.24, 2.45) is 0 Å². The Morgan fingerprint density at radius 2 is 1.85 bits per heavy atom. The van der Waals surface area contributed by atoms with Crippen molar-refractivity contribution in [1.29, 1.82) is 0 Å². The first-order valence-corrected chi connectivity index (χ1v) is 9.96. The van der Waals surface area contributed by atoms with Gasteiger partial charge in [-0.15, -0.1) is 0 Å². The molecule has 1 fully saturated rings. The summed E-state index contributed by atoms with van der Waals surface area (Å²) in [5.41, 5.74) is 1.02. The van der Waals surface area contributed by atoms with E-state index in [2.05, 4.69) is 9.88 Å². The van der Waals surface area contributed by atoms with Crippen molar-refractivity contribution in [3.8, 4) is 0 Å². The van der Waals surface area contributed by atoms with Crippen molar-refractivity contribution in [2.45, 2.75) is 24.4 Å². The van der Waals surface area contributed by atoms with E-state index in [0.29, 0.717) is 25.6 Å². The molecule has 0 saturated carbocycles. The van der Waals surface area contributed by atoms with Gasteiger partial charge in [0.05, 0.1) is 10.5 Å². The van der Waals surface area contributed by atoms with Gasteiger partial charge in [0.1, 0.15) is 0 Å². The fourth-order valence-corrected chi connectivity index (χ4v) is 4.69. The second-order valence-corrected chi connectivity index (χ2v) is 8.37. The van der Waals surface area contributed by atoms with Gasteiger partial charge >= 0.3 is 6.18 Å². The molecule has 5 nitrogen and oxygen atoms in total. The number of anilines is 1. The van der Waals surface area contributed by atoms with Crippen molar-refractivity contribution >= 4 is 15.7 Å². The minimum absolute atomic E-state index is 0.209. The largest absolute Gasteiger partial charge is 0.416 e. The molecule has 0 amide bonds. The molecule has 0 spiro atoms. The van der Waals surface area contributed by atoms with E-state index >= 15 is 0 Å². The number of alkyl halides is 3. The van der Waals surface area contributed by atoms with Crippen molar-refractivity contribution in [1.82, 2.24) is 9.29 Å². The quantitative estimate of drug-likeness (QED) is 0.795. The third-order valence-corrected chi connectivity index (χ3v) is 6.48. The highest BCUT2D eigenvalue weighted by atomic mass is 32.2. The van der Waals surface area contributed by atoms with Crippen LogP contribution in [0.4, 0.5) is 18.9 Å². The molecule has 0 N–H and O–H groups in total. The van der Waals surface area contributed by atoms with Crippen molar-refractivity contribution in [2.75, 3.05) is 31.1 Å². The molecule has 2 heterocycles. The van der Waals surface area contributed by atoms with Crippen LogP contribution in [0.5, 0.6) is 0 Å². The molecule has 3 rings (SSSR count). The molecule has 0 aliphatic carbocycles. The first-order valence-electron chi connectivity index (χ1n) is 8.52. The second kappa shape index (κ2) is 7.47. The molecule has 9 heteroatoms. The summed E-state index contributed by atoms with van der Waals surface area (Å²) >= 11 is 0. The van der Waals surface area contributed by atoms with Crippen molar-refractivity contribution in [3.05, 3.63) is 53.9 Å². The third kappa shape index (κ3) is 4.24. The molecular formula is C18H20F3N3O2S. The average Bonchev–Trinajstić information content (AvgIpc) is 2.88. The van der Waals surface area contributed by atoms with Crippen LogP contribution < -0.4 is 4.90 Å². The van der Waals surface area contributed by atoms with Crippen molar-refractivity contribution in [3.63, 3.8) is 0 Å². The van der Waals surface area contributed by atoms with E-state index in [4.69, 9.17) is 0 Å². The number of benzene rings is 1. The summed E-state index contributed by atoms with van der Waals surface area (Å²) in [6.07, 6.45) is -0.568. The van der Waals surface area contributed by atoms with Crippen LogP contribution in [0.2, 0.25) is 0 Å². The van der Waals surface area contributed by atoms with Crippen LogP contribution in [-0.2, 0) is 16.2 Å². The van der Waals surface area contributed by atoms with Gasteiger partial charge in [0, 0.05) is 44.3 Å². The van der Waals surface area contributed by atoms with Gasteiger partial charge < -0.3 is 4.90 Å². The predicted molar refractivity (Wildman–Crippen MR) is 96.0 cm³/mol. The molecular weight excluding hydrogens is 379 g/mol. The molecule has 1 aromatic carbocycles. The highest BCUT2D eigenvalue weighted by Gasteiger charge is 2.33. The molecule has 1 aliphatic heterocycles. The van der Waals surface area contributed by atoms with Gasteiger partial charge in [-0.05, 0) is 43.2 Å². The van der Waals surface area contributed by atoms with Gasteiger partial charge in [0.25, 0.3) is 0 Å². The molecule has 0 atom stereocenters. The Hall–Kier alpha value is -2.13. The zero-order chi connectivity index (χ0) is 19.7. The van der Waals surface area contributed by atoms with E-state index in [1.165, 1.54) is 10.4 Å². The molecule has 0 bridgehead atoms. The summed E-state index contributed by atoms with van der Waals surface area (Å²) in [6, 6.07) is 5.78. The minimum atomic E-state index is -4.58. The van der Waals surface area contributed by atoms with Gasteiger partial charge in [-0.2, -0.15) is 17.5 Å². The Balaban J connectivity index is 1.82. The van der Waals surface area contributed by atoms with E-state index in [-0.39, 0.29) is 18.0 Å². The molecule has 1 aliphatic rings. The maximum Gasteiger partial charge on any atom is 0.416 e. The lowest BCUT2D eigenvalue weighted by atomic mass is 10.2. The number of halogens is 3. The average molecular weight is 399 g/mol. The van der Waals surface area contributed by atoms with Gasteiger partial charge in [0.15, 0.2) is 0 Å². The number of pyridine rings is 1. The standard InChI is InChI=1S/C18H20F3N3O2S/c1-14-13-22-7-6-17(14)23-8-3-9-24(11-10-23)27(25,26)16-5-2-4-15(12-16)18(19,20)21/h2,4-7,12-13H,3,8-11H2,1H3. The van der Waals surface area contributed by atoms with Crippen LogP contribution in [0.25, 0.3) is 0 Å². The van der Waals surface area contributed by atoms with Crippen LogP contribution in [-0.4, -0.2) is 43.9 Å². The summed E-state index contributed by atoms with van der Waals surface area (Å²) in [4.78, 5) is 5.81. The monoisotopic (exact) mass is 399 g/mol. The Morgan fingerprint density at radius 1 is 1.07 bits per heavy atom. The number of aryl methyl sites for hydroxylation is 1. The van der Waals surface area contributed by atoms with Crippen LogP contribution in [0.3, 0.4) is 0 Å². The van der Waals surface area contributed by atoms with Gasteiger partial charge in [-0.3, -0.25) is 4.98 Å². The first-order chi connectivity index (χ1) is 12.7. The fraction of sp³-hybridized carbons (Fsp3) is 0.389. The maximum absolute atomic E-state index is 12.9. The van der Waals surface area contributed by atoms with Gasteiger partial charge in [-0.1, -0.05) is 6.07 Å². The third-order valence-electron chi connectivity index (χ3n) is 4.59. The zero-order valence-electron chi connectivity index (χ0n) is 14.8. The molecule has 2 aromatic rings. The van der Waals surface area contributed by atoms with Crippen LogP contribution in [0, 0.1) is 6.92 Å². The summed E-state index contributed by atoms with van der Waals surface area (Å²) in [6.45, 7) is 3.53. The van der Waals surface area contributed by atoms with E-state index in [1.807, 2.05) is 13.0 Å². The lowest BCUT2D eigenvalue weighted by molar-refractivity contribution is -0.137. The smallest absolute Gasteiger partial charge is 0.370 e. The van der Waals surface area contributed by atoms with E-state index in [9.17, 15) is 21.6 Å². The Bertz CT molecular complexity index is 916. The van der Waals surface area contributed by atoms with Crippen molar-refractivity contribution < 1.29 is 21.6 Å². The SMILES string of the molecule is Cc1cnccc1N1CCCN(S(=O)(=O)c2cccc(C(F)(F)F)c2)CC1. The second-order valence-electron chi connectivity index (χ2n) is 6.43. The Kier molecular flexibility index (Phi) is 5.43. The minimum Gasteiger partial charge on any atom is -0.370 e. The van der Waals surface area contributed by atoms with Gasteiger partial charge in [0.2, 0.25) is 10.0 Å². The number of rotatable bonds is 3. The molecule has 27 heavy (non-hydrogen) atoms. The molecule has 0 radical (unpaired) electrons. The number of nitrogens with zero attached hydrogens (tertiary/aromatic N) is 3. The predicted octanol–water partition coefficient (Wildman–Crippen LogP) is 3.31. The van der Waals surface area contributed by atoms with E-state index < -0.39 is 21.8 Å². The van der Waals surface area contributed by atoms with Crippen LogP contribution in [0.15, 0.2) is 47.6 Å². The number of hydrogen-bond donors (Lipinski definition) is 0. The molecule has 1 saturated heterocycles. The highest BCUT2D eigenvalue weighted by molar-refractivity contribution is 7.89. The summed E-state index contributed by atoms with van der Waals surface area (Å²) in [5, 5.41) is 0. The number of sulfonamides is 1. The molecule has 146 valence electrons. The maximum atomic E-state index is 12.9. The topological polar surface area (TPSA) is 53.5 Å². The lowest BCUT2D eigenvalue weighted by Crippen LogP contribution is -2.35. The molecule has 0 unspecified atom stereocenters. The number of aromatic nitrogens is 1. The Labute approximate surface area is 156 Å². The normalized spacial score (nSPS) is 17.0. The fourth-order valence-electron chi connectivity index (χ4n) is 3.18. The number of hydrogen-bond acceptors (Lipinski definition) is 4. The highest BCUT2D eigenvalue weighted by Crippen LogP contribution is 2.31. The zero-order valence-corrected chi connectivity index (χ0v) is 15.6. The van der Waals surface area contributed by atoms with E-state index in [1.54, 1.807) is 12.4 Å². The summed E-state index contributed by atoms with van der Waals surface area (Å²) < 4.78 is 65.7. The molecule has 1 aromatic heterocycles.